The number of halogens is 1. The van der Waals surface area contributed by atoms with E-state index in [1.807, 2.05) is 25.4 Å². The molecule has 1 saturated carbocycles. The summed E-state index contributed by atoms with van der Waals surface area (Å²) in [6.07, 6.45) is 8.78. The summed E-state index contributed by atoms with van der Waals surface area (Å²) in [5.74, 6) is 1.74. The van der Waals surface area contributed by atoms with Crippen molar-refractivity contribution in [1.82, 2.24) is 9.80 Å². The van der Waals surface area contributed by atoms with Crippen LogP contribution in [0.2, 0.25) is 0 Å². The van der Waals surface area contributed by atoms with Gasteiger partial charge in [-0.25, -0.2) is 9.79 Å². The van der Waals surface area contributed by atoms with Gasteiger partial charge in [0.15, 0.2) is 0 Å². The zero-order valence-electron chi connectivity index (χ0n) is 18.1. The Labute approximate surface area is 188 Å². The summed E-state index contributed by atoms with van der Waals surface area (Å²) >= 11 is 3.55. The number of hydrogen-bond acceptors (Lipinski definition) is 3. The first-order valence-corrected chi connectivity index (χ1v) is 11.4. The van der Waals surface area contributed by atoms with E-state index in [0.29, 0.717) is 18.4 Å². The monoisotopic (exact) mass is 473 g/mol. The van der Waals surface area contributed by atoms with Crippen LogP contribution in [0.1, 0.15) is 36.3 Å². The Bertz CT molecular complexity index is 850. The van der Waals surface area contributed by atoms with Crippen LogP contribution in [0.4, 0.5) is 4.79 Å². The Morgan fingerprint density at radius 3 is 2.93 bits per heavy atom. The number of carbonyl (C=O) groups excluding carboxylic acids is 1. The fourth-order valence-corrected chi connectivity index (χ4v) is 4.29. The van der Waals surface area contributed by atoms with E-state index in [1.54, 1.807) is 11.9 Å². The number of urea groups is 1. The van der Waals surface area contributed by atoms with Crippen molar-refractivity contribution in [1.29, 1.82) is 0 Å². The van der Waals surface area contributed by atoms with Gasteiger partial charge in [-0.05, 0) is 55.4 Å². The summed E-state index contributed by atoms with van der Waals surface area (Å²) in [5, 5.41) is 0. The number of likely N-dealkylation sites (tertiary alicyclic amines) is 1. The smallest absolute Gasteiger partial charge is 0.343 e. The molecule has 1 saturated heterocycles. The Hall–Kier alpha value is -1.99. The molecule has 30 heavy (non-hydrogen) atoms. The zero-order valence-corrected chi connectivity index (χ0v) is 19.7. The van der Waals surface area contributed by atoms with Gasteiger partial charge in [-0.3, -0.25) is 4.99 Å². The van der Waals surface area contributed by atoms with Gasteiger partial charge in [-0.2, -0.15) is 0 Å². The van der Waals surface area contributed by atoms with Gasteiger partial charge in [0, 0.05) is 50.3 Å². The molecule has 1 aromatic rings. The lowest BCUT2D eigenvalue weighted by atomic mass is 10.0. The van der Waals surface area contributed by atoms with Gasteiger partial charge in [0.2, 0.25) is 0 Å². The highest BCUT2D eigenvalue weighted by Crippen LogP contribution is 2.46. The molecule has 2 fully saturated rings. The molecule has 1 unspecified atom stereocenters. The van der Waals surface area contributed by atoms with Crippen LogP contribution in [0.3, 0.4) is 0 Å². The Balaban J connectivity index is 1.55. The van der Waals surface area contributed by atoms with E-state index in [2.05, 4.69) is 55.9 Å². The van der Waals surface area contributed by atoms with Crippen molar-refractivity contribution in [3.63, 3.8) is 0 Å². The average Bonchev–Trinajstić information content (AvgIpc) is 3.54. The molecular weight excluding hydrogens is 442 g/mol. The maximum absolute atomic E-state index is 12.7. The first kappa shape index (κ1) is 22.7. The van der Waals surface area contributed by atoms with E-state index < -0.39 is 0 Å². The number of aryl methyl sites for hydroxylation is 1. The Kier molecular flexibility index (Phi) is 7.83. The van der Waals surface area contributed by atoms with Crippen LogP contribution in [0, 0.1) is 12.8 Å². The lowest BCUT2D eigenvalue weighted by Gasteiger charge is -2.37. The predicted molar refractivity (Wildman–Crippen MR) is 128 cm³/mol. The second-order valence-corrected chi connectivity index (χ2v) is 9.00. The Morgan fingerprint density at radius 1 is 1.43 bits per heavy atom. The molecule has 0 spiro atoms. The van der Waals surface area contributed by atoms with E-state index in [0.717, 1.165) is 42.7 Å². The number of rotatable bonds is 5. The number of benzene rings is 1. The number of nitrogens with zero attached hydrogens (tertiary/aromatic N) is 4. The number of nitrogens with two attached hydrogens (primary N) is 1. The van der Waals surface area contributed by atoms with Crippen molar-refractivity contribution in [3.8, 4) is 0 Å². The maximum Gasteiger partial charge on any atom is 0.343 e. The molecule has 3 atom stereocenters. The van der Waals surface area contributed by atoms with E-state index in [-0.39, 0.29) is 12.1 Å². The fourth-order valence-electron chi connectivity index (χ4n) is 4.04. The second-order valence-electron chi connectivity index (χ2n) is 8.15. The first-order chi connectivity index (χ1) is 14.4. The fraction of sp³-hybridized carbons (Fsp3) is 0.522. The minimum Gasteiger partial charge on any atom is -0.355 e. The largest absolute Gasteiger partial charge is 0.355 e. The van der Waals surface area contributed by atoms with Gasteiger partial charge in [-0.15, -0.1) is 0 Å². The number of aliphatic imine (C=N–C) groups is 2. The SMILES string of the molecule is CN=C(/C=C\CN)N1CCC[C@@H](N(C)C(=O)/N=C/C2C[C@@H]2c2ccc(Br)c(C)c2)C1. The van der Waals surface area contributed by atoms with Crippen LogP contribution in [0.25, 0.3) is 0 Å². The highest BCUT2D eigenvalue weighted by Gasteiger charge is 2.37. The standard InChI is InChI=1S/C23H32BrN5O/c1-16-12-17(8-9-21(16)24)20-13-18(20)14-27-23(30)28(3)19-6-5-11-29(15-19)22(26-2)7-4-10-25/h4,7-9,12,14,18-20H,5-6,10-11,13,15,25H2,1-3H3/b7-4-,26-22?,27-14+/t18?,19-,20-/m1/s1. The second kappa shape index (κ2) is 10.4. The average molecular weight is 474 g/mol. The van der Waals surface area contributed by atoms with Crippen LogP contribution in [0.5, 0.6) is 0 Å². The van der Waals surface area contributed by atoms with Crippen LogP contribution >= 0.6 is 15.9 Å². The lowest BCUT2D eigenvalue weighted by Crippen LogP contribution is -2.49. The van der Waals surface area contributed by atoms with Gasteiger partial charge < -0.3 is 15.5 Å². The number of amides is 2. The number of likely N-dealkylation sites (N-methyl/N-ethyl adjacent to an activating group) is 1. The summed E-state index contributed by atoms with van der Waals surface area (Å²) in [4.78, 5) is 25.3. The molecule has 1 aromatic carbocycles. The van der Waals surface area contributed by atoms with Gasteiger partial charge in [0.25, 0.3) is 0 Å². The van der Waals surface area contributed by atoms with E-state index >= 15 is 0 Å². The molecule has 7 heteroatoms. The highest BCUT2D eigenvalue weighted by molar-refractivity contribution is 9.10. The molecule has 1 aliphatic heterocycles. The summed E-state index contributed by atoms with van der Waals surface area (Å²) in [6, 6.07) is 6.45. The molecule has 162 valence electrons. The number of amidine groups is 1. The summed E-state index contributed by atoms with van der Waals surface area (Å²) in [6.45, 7) is 4.31. The number of carbonyl (C=O) groups is 1. The minimum atomic E-state index is -0.160. The van der Waals surface area contributed by atoms with E-state index in [4.69, 9.17) is 5.73 Å². The molecular formula is C23H32BrN5O. The summed E-state index contributed by atoms with van der Waals surface area (Å²) < 4.78 is 1.13. The summed E-state index contributed by atoms with van der Waals surface area (Å²) in [7, 11) is 3.65. The number of piperidine rings is 1. The van der Waals surface area contributed by atoms with E-state index in [1.165, 1.54) is 11.1 Å². The molecule has 3 rings (SSSR count). The van der Waals surface area contributed by atoms with Crippen LogP contribution in [-0.4, -0.2) is 67.7 Å². The van der Waals surface area contributed by atoms with Crippen LogP contribution in [-0.2, 0) is 0 Å². The van der Waals surface area contributed by atoms with Crippen LogP contribution in [0.15, 0.2) is 44.8 Å². The third kappa shape index (κ3) is 5.58. The van der Waals surface area contributed by atoms with Gasteiger partial charge >= 0.3 is 6.03 Å². The van der Waals surface area contributed by atoms with Crippen molar-refractivity contribution < 1.29 is 4.79 Å². The third-order valence-corrected chi connectivity index (χ3v) is 6.92. The van der Waals surface area contributed by atoms with Crippen molar-refractivity contribution in [3.05, 3.63) is 46.0 Å². The minimum absolute atomic E-state index is 0.135. The third-order valence-electron chi connectivity index (χ3n) is 6.03. The molecule has 0 radical (unpaired) electrons. The van der Waals surface area contributed by atoms with Crippen molar-refractivity contribution in [2.24, 2.45) is 21.6 Å². The van der Waals surface area contributed by atoms with E-state index in [9.17, 15) is 4.79 Å². The van der Waals surface area contributed by atoms with Gasteiger partial charge in [-0.1, -0.05) is 34.1 Å². The van der Waals surface area contributed by atoms with Gasteiger partial charge in [0.1, 0.15) is 5.84 Å². The molecule has 6 nitrogen and oxygen atoms in total. The number of hydrogen-bond donors (Lipinski definition) is 1. The van der Waals surface area contributed by atoms with Gasteiger partial charge in [0.05, 0.1) is 6.04 Å². The normalized spacial score (nSPS) is 24.6. The molecule has 0 bridgehead atoms. The quantitative estimate of drug-likeness (QED) is 0.518. The van der Waals surface area contributed by atoms with Crippen molar-refractivity contribution in [2.45, 2.75) is 38.1 Å². The molecule has 2 aliphatic rings. The predicted octanol–water partition coefficient (Wildman–Crippen LogP) is 3.99. The molecule has 1 aliphatic carbocycles. The molecule has 2 N–H and O–H groups in total. The van der Waals surface area contributed by atoms with Crippen LogP contribution < -0.4 is 5.73 Å². The molecule has 1 heterocycles. The maximum atomic E-state index is 12.7. The summed E-state index contributed by atoms with van der Waals surface area (Å²) in [5.41, 5.74) is 8.14. The first-order valence-electron chi connectivity index (χ1n) is 10.6. The highest BCUT2D eigenvalue weighted by atomic mass is 79.9. The van der Waals surface area contributed by atoms with Crippen molar-refractivity contribution >= 4 is 34.0 Å². The Morgan fingerprint density at radius 2 is 2.23 bits per heavy atom. The molecule has 2 amide bonds. The molecule has 0 aromatic heterocycles. The zero-order chi connectivity index (χ0) is 21.7. The van der Waals surface area contributed by atoms with Crippen molar-refractivity contribution in [2.75, 3.05) is 33.7 Å². The topological polar surface area (TPSA) is 74.3 Å². The lowest BCUT2D eigenvalue weighted by molar-refractivity contribution is 0.164.